The molecular formula is C38H43N3O4S. The van der Waals surface area contributed by atoms with Gasteiger partial charge in [0.25, 0.3) is 10.0 Å². The SMILES string of the molecule is Cc1ccc(S(=O)(=O)N(CC(=O)N(Cc2ccccc2)[C@@H](Cc2ccccc2)C(=O)NC2CCCCC2)c2ccccc2C)cc1. The van der Waals surface area contributed by atoms with Crippen molar-refractivity contribution in [3.8, 4) is 0 Å². The molecule has 0 unspecified atom stereocenters. The van der Waals surface area contributed by atoms with Crippen molar-refractivity contribution in [2.75, 3.05) is 10.8 Å². The van der Waals surface area contributed by atoms with Gasteiger partial charge in [-0.3, -0.25) is 13.9 Å². The van der Waals surface area contributed by atoms with E-state index in [0.717, 1.165) is 54.4 Å². The third-order valence-electron chi connectivity index (χ3n) is 8.69. The van der Waals surface area contributed by atoms with E-state index in [9.17, 15) is 18.0 Å². The molecule has 1 fully saturated rings. The van der Waals surface area contributed by atoms with Crippen molar-refractivity contribution in [2.24, 2.45) is 0 Å². The minimum Gasteiger partial charge on any atom is -0.352 e. The summed E-state index contributed by atoms with van der Waals surface area (Å²) in [5, 5.41) is 3.25. The van der Waals surface area contributed by atoms with Crippen molar-refractivity contribution in [3.05, 3.63) is 131 Å². The van der Waals surface area contributed by atoms with Crippen molar-refractivity contribution in [1.82, 2.24) is 10.2 Å². The standard InChI is InChI=1S/C38H43N3O4S/c1-29-22-24-34(25-23-29)46(44,45)41(35-21-13-12-14-30(35)2)28-37(42)40(27-32-17-8-4-9-18-32)36(26-31-15-6-3-7-16-31)38(43)39-33-19-10-5-11-20-33/h3-4,6-9,12-18,21-25,33,36H,5,10-11,19-20,26-28H2,1-2H3,(H,39,43)/t36-/m0/s1. The maximum Gasteiger partial charge on any atom is 0.264 e. The van der Waals surface area contributed by atoms with Crippen LogP contribution in [0.25, 0.3) is 0 Å². The van der Waals surface area contributed by atoms with E-state index in [4.69, 9.17) is 0 Å². The number of para-hydroxylation sites is 1. The highest BCUT2D eigenvalue weighted by molar-refractivity contribution is 7.92. The minimum atomic E-state index is -4.14. The summed E-state index contributed by atoms with van der Waals surface area (Å²) >= 11 is 0. The van der Waals surface area contributed by atoms with E-state index < -0.39 is 28.5 Å². The van der Waals surface area contributed by atoms with Crippen LogP contribution in [-0.2, 0) is 32.6 Å². The Morgan fingerprint density at radius 1 is 0.761 bits per heavy atom. The van der Waals surface area contributed by atoms with E-state index in [1.807, 2.05) is 86.6 Å². The molecule has 240 valence electrons. The van der Waals surface area contributed by atoms with Crippen LogP contribution >= 0.6 is 0 Å². The zero-order chi connectivity index (χ0) is 32.5. The summed E-state index contributed by atoms with van der Waals surface area (Å²) in [6.45, 7) is 3.41. The Labute approximate surface area is 273 Å². The minimum absolute atomic E-state index is 0.0542. The number of benzene rings is 4. The van der Waals surface area contributed by atoms with Crippen LogP contribution < -0.4 is 9.62 Å². The third kappa shape index (κ3) is 8.23. The first kappa shape index (κ1) is 32.9. The van der Waals surface area contributed by atoms with Gasteiger partial charge in [0.1, 0.15) is 12.6 Å². The van der Waals surface area contributed by atoms with Gasteiger partial charge in [0, 0.05) is 19.0 Å². The molecule has 4 aromatic carbocycles. The molecule has 0 aliphatic heterocycles. The number of hydrogen-bond donors (Lipinski definition) is 1. The van der Waals surface area contributed by atoms with Crippen LogP contribution in [0.3, 0.4) is 0 Å². The quantitative estimate of drug-likeness (QED) is 0.190. The maximum atomic E-state index is 14.6. The number of aryl methyl sites for hydroxylation is 2. The van der Waals surface area contributed by atoms with Crippen molar-refractivity contribution in [2.45, 2.75) is 75.9 Å². The molecule has 5 rings (SSSR count). The molecule has 0 saturated heterocycles. The molecular weight excluding hydrogens is 595 g/mol. The lowest BCUT2D eigenvalue weighted by atomic mass is 9.94. The fourth-order valence-corrected chi connectivity index (χ4v) is 7.55. The summed E-state index contributed by atoms with van der Waals surface area (Å²) in [6.07, 6.45) is 5.39. The maximum absolute atomic E-state index is 14.6. The summed E-state index contributed by atoms with van der Waals surface area (Å²) in [7, 11) is -4.14. The molecule has 1 aliphatic carbocycles. The van der Waals surface area contributed by atoms with Gasteiger partial charge in [0.15, 0.2) is 0 Å². The molecule has 4 aromatic rings. The summed E-state index contributed by atoms with van der Waals surface area (Å²) in [6, 6.07) is 32.2. The second kappa shape index (κ2) is 15.2. The van der Waals surface area contributed by atoms with Gasteiger partial charge in [0.05, 0.1) is 10.6 Å². The normalized spacial score (nSPS) is 14.3. The lowest BCUT2D eigenvalue weighted by Gasteiger charge is -2.35. The molecule has 8 heteroatoms. The molecule has 46 heavy (non-hydrogen) atoms. The number of carbonyl (C=O) groups excluding carboxylic acids is 2. The number of anilines is 1. The molecule has 0 spiro atoms. The number of sulfonamides is 1. The fourth-order valence-electron chi connectivity index (χ4n) is 6.07. The second-order valence-corrected chi connectivity index (χ2v) is 14.0. The number of nitrogens with one attached hydrogen (secondary N) is 1. The Morgan fingerprint density at radius 2 is 1.35 bits per heavy atom. The summed E-state index contributed by atoms with van der Waals surface area (Å²) < 4.78 is 29.7. The number of amides is 2. The summed E-state index contributed by atoms with van der Waals surface area (Å²) in [4.78, 5) is 30.5. The smallest absolute Gasteiger partial charge is 0.264 e. The summed E-state index contributed by atoms with van der Waals surface area (Å²) in [5.41, 5.74) is 3.83. The van der Waals surface area contributed by atoms with Gasteiger partial charge in [-0.1, -0.05) is 116 Å². The lowest BCUT2D eigenvalue weighted by molar-refractivity contribution is -0.140. The van der Waals surface area contributed by atoms with Crippen molar-refractivity contribution < 1.29 is 18.0 Å². The van der Waals surface area contributed by atoms with Gasteiger partial charge in [-0.25, -0.2) is 8.42 Å². The van der Waals surface area contributed by atoms with Crippen molar-refractivity contribution in [3.63, 3.8) is 0 Å². The Kier molecular flexibility index (Phi) is 10.9. The van der Waals surface area contributed by atoms with E-state index in [2.05, 4.69) is 5.32 Å². The van der Waals surface area contributed by atoms with Crippen LogP contribution in [0.5, 0.6) is 0 Å². The molecule has 1 atom stereocenters. The zero-order valence-electron chi connectivity index (χ0n) is 26.6. The van der Waals surface area contributed by atoms with Gasteiger partial charge < -0.3 is 10.2 Å². The third-order valence-corrected chi connectivity index (χ3v) is 10.5. The lowest BCUT2D eigenvalue weighted by Crippen LogP contribution is -2.55. The zero-order valence-corrected chi connectivity index (χ0v) is 27.5. The van der Waals surface area contributed by atoms with Crippen LogP contribution in [0.2, 0.25) is 0 Å². The van der Waals surface area contributed by atoms with E-state index >= 15 is 0 Å². The van der Waals surface area contributed by atoms with Crippen LogP contribution in [0.4, 0.5) is 5.69 Å². The average Bonchev–Trinajstić information content (AvgIpc) is 3.07. The predicted molar refractivity (Wildman–Crippen MR) is 183 cm³/mol. The molecule has 0 heterocycles. The molecule has 0 radical (unpaired) electrons. The predicted octanol–water partition coefficient (Wildman–Crippen LogP) is 6.59. The molecule has 1 aliphatic rings. The molecule has 7 nitrogen and oxygen atoms in total. The van der Waals surface area contributed by atoms with Crippen LogP contribution in [0.15, 0.2) is 114 Å². The van der Waals surface area contributed by atoms with Crippen LogP contribution in [-0.4, -0.2) is 43.8 Å². The topological polar surface area (TPSA) is 86.8 Å². The van der Waals surface area contributed by atoms with Gasteiger partial charge in [-0.15, -0.1) is 0 Å². The highest BCUT2D eigenvalue weighted by Gasteiger charge is 2.35. The van der Waals surface area contributed by atoms with E-state index in [0.29, 0.717) is 12.1 Å². The van der Waals surface area contributed by atoms with Crippen molar-refractivity contribution >= 4 is 27.5 Å². The number of rotatable bonds is 12. The first-order valence-electron chi connectivity index (χ1n) is 16.0. The Morgan fingerprint density at radius 3 is 1.98 bits per heavy atom. The molecule has 0 aromatic heterocycles. The van der Waals surface area contributed by atoms with Crippen LogP contribution in [0.1, 0.15) is 54.4 Å². The van der Waals surface area contributed by atoms with E-state index in [1.165, 1.54) is 4.31 Å². The van der Waals surface area contributed by atoms with Gasteiger partial charge in [0.2, 0.25) is 11.8 Å². The highest BCUT2D eigenvalue weighted by Crippen LogP contribution is 2.28. The monoisotopic (exact) mass is 637 g/mol. The fraction of sp³-hybridized carbons (Fsp3) is 0.316. The Bertz CT molecular complexity index is 1700. The number of carbonyl (C=O) groups is 2. The van der Waals surface area contributed by atoms with Gasteiger partial charge >= 0.3 is 0 Å². The number of hydrogen-bond acceptors (Lipinski definition) is 4. The average molecular weight is 638 g/mol. The number of nitrogens with zero attached hydrogens (tertiary/aromatic N) is 2. The van der Waals surface area contributed by atoms with Crippen molar-refractivity contribution in [1.29, 1.82) is 0 Å². The first-order chi connectivity index (χ1) is 22.2. The summed E-state index contributed by atoms with van der Waals surface area (Å²) in [5.74, 6) is -0.675. The molecule has 2 amide bonds. The van der Waals surface area contributed by atoms with E-state index in [-0.39, 0.29) is 23.4 Å². The largest absolute Gasteiger partial charge is 0.352 e. The molecule has 0 bridgehead atoms. The Balaban J connectivity index is 1.55. The van der Waals surface area contributed by atoms with Gasteiger partial charge in [-0.2, -0.15) is 0 Å². The molecule has 1 saturated carbocycles. The van der Waals surface area contributed by atoms with E-state index in [1.54, 1.807) is 41.3 Å². The van der Waals surface area contributed by atoms with Gasteiger partial charge in [-0.05, 0) is 61.6 Å². The Hall–Kier alpha value is -4.43. The van der Waals surface area contributed by atoms with Crippen LogP contribution in [0, 0.1) is 13.8 Å². The highest BCUT2D eigenvalue weighted by atomic mass is 32.2. The second-order valence-electron chi connectivity index (χ2n) is 12.2. The first-order valence-corrected chi connectivity index (χ1v) is 17.5. The molecule has 1 N–H and O–H groups in total.